The Labute approximate surface area is 125 Å². The van der Waals surface area contributed by atoms with Crippen LogP contribution in [-0.2, 0) is 0 Å². The van der Waals surface area contributed by atoms with Gasteiger partial charge in [-0.1, -0.05) is 0 Å². The monoisotopic (exact) mass is 389 g/mol. The molecule has 0 atom stereocenters. The summed E-state index contributed by atoms with van der Waals surface area (Å²) in [7, 11) is 0. The standard InChI is InChI=1S/C12H9Br2NO2S/c1-6-4-7(16)2-3-9(6)15-12(17)8-5-10(13)18-11(8)14/h2-5,16H,1H3,(H,15,17). The zero-order chi connectivity index (χ0) is 13.3. The highest BCUT2D eigenvalue weighted by atomic mass is 79.9. The summed E-state index contributed by atoms with van der Waals surface area (Å²) in [4.78, 5) is 12.1. The Balaban J connectivity index is 2.24. The first-order valence-electron chi connectivity index (χ1n) is 5.03. The molecule has 0 unspecified atom stereocenters. The number of anilines is 1. The van der Waals surface area contributed by atoms with Crippen LogP contribution in [-0.4, -0.2) is 11.0 Å². The molecule has 6 heteroatoms. The Morgan fingerprint density at radius 1 is 1.33 bits per heavy atom. The first-order valence-corrected chi connectivity index (χ1v) is 7.43. The molecular weight excluding hydrogens is 382 g/mol. The summed E-state index contributed by atoms with van der Waals surface area (Å²) in [6, 6.07) is 6.59. The van der Waals surface area contributed by atoms with E-state index in [1.54, 1.807) is 24.3 Å². The van der Waals surface area contributed by atoms with Gasteiger partial charge in [0.1, 0.15) is 5.75 Å². The van der Waals surface area contributed by atoms with Gasteiger partial charge in [0.05, 0.1) is 13.1 Å². The minimum atomic E-state index is -0.183. The molecule has 2 N–H and O–H groups in total. The van der Waals surface area contributed by atoms with E-state index in [-0.39, 0.29) is 11.7 Å². The Bertz CT molecular complexity index is 610. The average Bonchev–Trinajstić information content (AvgIpc) is 2.62. The smallest absolute Gasteiger partial charge is 0.257 e. The summed E-state index contributed by atoms with van der Waals surface area (Å²) in [5.74, 6) is 0.00238. The van der Waals surface area contributed by atoms with Crippen LogP contribution in [0, 0.1) is 6.92 Å². The first-order chi connectivity index (χ1) is 8.47. The highest BCUT2D eigenvalue weighted by Crippen LogP contribution is 2.32. The van der Waals surface area contributed by atoms with Gasteiger partial charge >= 0.3 is 0 Å². The fraction of sp³-hybridized carbons (Fsp3) is 0.0833. The summed E-state index contributed by atoms with van der Waals surface area (Å²) in [6.07, 6.45) is 0. The van der Waals surface area contributed by atoms with Crippen LogP contribution in [0.4, 0.5) is 5.69 Å². The maximum atomic E-state index is 12.1. The van der Waals surface area contributed by atoms with E-state index >= 15 is 0 Å². The van der Waals surface area contributed by atoms with Gasteiger partial charge in [-0.05, 0) is 68.6 Å². The maximum absolute atomic E-state index is 12.1. The van der Waals surface area contributed by atoms with E-state index in [0.29, 0.717) is 11.3 Å². The van der Waals surface area contributed by atoms with Crippen molar-refractivity contribution in [3.63, 3.8) is 0 Å². The van der Waals surface area contributed by atoms with Crippen LogP contribution in [0.2, 0.25) is 0 Å². The quantitative estimate of drug-likeness (QED) is 0.739. The number of phenolic OH excluding ortho intramolecular Hbond substituents is 1. The number of carbonyl (C=O) groups is 1. The van der Waals surface area contributed by atoms with Gasteiger partial charge in [0.25, 0.3) is 5.91 Å². The molecule has 2 rings (SSSR count). The lowest BCUT2D eigenvalue weighted by atomic mass is 10.2. The molecule has 1 amide bonds. The highest BCUT2D eigenvalue weighted by Gasteiger charge is 2.14. The van der Waals surface area contributed by atoms with Crippen molar-refractivity contribution in [3.8, 4) is 5.75 Å². The largest absolute Gasteiger partial charge is 0.508 e. The predicted octanol–water partition coefficient (Wildman–Crippen LogP) is 4.54. The van der Waals surface area contributed by atoms with E-state index in [0.717, 1.165) is 13.1 Å². The van der Waals surface area contributed by atoms with E-state index in [4.69, 9.17) is 0 Å². The predicted molar refractivity (Wildman–Crippen MR) is 80.5 cm³/mol. The lowest BCUT2D eigenvalue weighted by Crippen LogP contribution is -2.12. The number of carbonyl (C=O) groups excluding carboxylic acids is 1. The highest BCUT2D eigenvalue weighted by molar-refractivity contribution is 9.12. The third kappa shape index (κ3) is 2.93. The van der Waals surface area contributed by atoms with Gasteiger partial charge in [-0.2, -0.15) is 0 Å². The number of aryl methyl sites for hydroxylation is 1. The second-order valence-corrected chi connectivity index (χ2v) is 7.44. The number of nitrogens with one attached hydrogen (secondary N) is 1. The molecule has 0 aliphatic heterocycles. The van der Waals surface area contributed by atoms with E-state index in [9.17, 15) is 9.90 Å². The van der Waals surface area contributed by atoms with Gasteiger partial charge in [-0.25, -0.2) is 0 Å². The zero-order valence-electron chi connectivity index (χ0n) is 9.33. The summed E-state index contributed by atoms with van der Waals surface area (Å²) >= 11 is 8.13. The molecule has 0 aliphatic carbocycles. The summed E-state index contributed by atoms with van der Waals surface area (Å²) in [5.41, 5.74) is 2.08. The molecule has 0 fully saturated rings. The van der Waals surface area contributed by atoms with Crippen molar-refractivity contribution in [2.45, 2.75) is 6.92 Å². The second kappa shape index (κ2) is 5.42. The zero-order valence-corrected chi connectivity index (χ0v) is 13.3. The van der Waals surface area contributed by atoms with Crippen LogP contribution < -0.4 is 5.32 Å². The van der Waals surface area contributed by atoms with Crippen molar-refractivity contribution in [3.05, 3.63) is 43.0 Å². The second-order valence-electron chi connectivity index (χ2n) is 3.69. The van der Waals surface area contributed by atoms with Crippen molar-refractivity contribution in [2.75, 3.05) is 5.32 Å². The number of halogens is 2. The molecule has 0 saturated heterocycles. The van der Waals surface area contributed by atoms with Crippen LogP contribution in [0.1, 0.15) is 15.9 Å². The van der Waals surface area contributed by atoms with Gasteiger partial charge in [0.2, 0.25) is 0 Å². The number of hydrogen-bond acceptors (Lipinski definition) is 3. The minimum absolute atomic E-state index is 0.183. The van der Waals surface area contributed by atoms with Gasteiger partial charge in [-0.3, -0.25) is 4.79 Å². The average molecular weight is 391 g/mol. The normalized spacial score (nSPS) is 10.4. The number of benzene rings is 1. The van der Waals surface area contributed by atoms with Gasteiger partial charge < -0.3 is 10.4 Å². The summed E-state index contributed by atoms with van der Waals surface area (Å²) < 4.78 is 1.67. The number of aromatic hydroxyl groups is 1. The SMILES string of the molecule is Cc1cc(O)ccc1NC(=O)c1cc(Br)sc1Br. The van der Waals surface area contributed by atoms with Gasteiger partial charge in [-0.15, -0.1) is 11.3 Å². The third-order valence-corrected chi connectivity index (χ3v) is 4.70. The summed E-state index contributed by atoms with van der Waals surface area (Å²) in [5, 5.41) is 12.1. The first kappa shape index (κ1) is 13.6. The topological polar surface area (TPSA) is 49.3 Å². The van der Waals surface area contributed by atoms with E-state index in [1.165, 1.54) is 11.3 Å². The Kier molecular flexibility index (Phi) is 4.09. The fourth-order valence-corrected chi connectivity index (χ4v) is 4.27. The van der Waals surface area contributed by atoms with E-state index in [2.05, 4.69) is 37.2 Å². The molecule has 1 aromatic heterocycles. The molecule has 18 heavy (non-hydrogen) atoms. The summed E-state index contributed by atoms with van der Waals surface area (Å²) in [6.45, 7) is 1.83. The van der Waals surface area contributed by atoms with Gasteiger partial charge in [0, 0.05) is 5.69 Å². The van der Waals surface area contributed by atoms with Crippen LogP contribution in [0.25, 0.3) is 0 Å². The van der Waals surface area contributed by atoms with Crippen molar-refractivity contribution in [2.24, 2.45) is 0 Å². The molecule has 3 nitrogen and oxygen atoms in total. The number of amides is 1. The van der Waals surface area contributed by atoms with Crippen LogP contribution in [0.5, 0.6) is 5.75 Å². The van der Waals surface area contributed by atoms with E-state index in [1.807, 2.05) is 6.92 Å². The molecule has 0 radical (unpaired) electrons. The van der Waals surface area contributed by atoms with Crippen molar-refractivity contribution >= 4 is 54.8 Å². The van der Waals surface area contributed by atoms with Crippen LogP contribution >= 0.6 is 43.2 Å². The number of phenols is 1. The molecule has 0 saturated carbocycles. The molecule has 94 valence electrons. The van der Waals surface area contributed by atoms with Crippen molar-refractivity contribution < 1.29 is 9.90 Å². The van der Waals surface area contributed by atoms with Crippen LogP contribution in [0.15, 0.2) is 31.8 Å². The number of thiophene rings is 1. The molecule has 1 heterocycles. The molecule has 0 aliphatic rings. The van der Waals surface area contributed by atoms with Crippen molar-refractivity contribution in [1.29, 1.82) is 0 Å². The maximum Gasteiger partial charge on any atom is 0.257 e. The molecule has 0 spiro atoms. The lowest BCUT2D eigenvalue weighted by molar-refractivity contribution is 0.102. The molecule has 2 aromatic rings. The lowest BCUT2D eigenvalue weighted by Gasteiger charge is -2.08. The molecular formula is C12H9Br2NO2S. The Hall–Kier alpha value is -0.850. The van der Waals surface area contributed by atoms with Crippen molar-refractivity contribution in [1.82, 2.24) is 0 Å². The third-order valence-electron chi connectivity index (χ3n) is 2.36. The minimum Gasteiger partial charge on any atom is -0.508 e. The molecule has 1 aromatic carbocycles. The van der Waals surface area contributed by atoms with E-state index < -0.39 is 0 Å². The fourth-order valence-electron chi connectivity index (χ4n) is 1.47. The van der Waals surface area contributed by atoms with Gasteiger partial charge in [0.15, 0.2) is 0 Å². The number of rotatable bonds is 2. The van der Waals surface area contributed by atoms with Crippen LogP contribution in [0.3, 0.4) is 0 Å². The Morgan fingerprint density at radius 2 is 2.06 bits per heavy atom. The molecule has 0 bridgehead atoms. The number of hydrogen-bond donors (Lipinski definition) is 2. The Morgan fingerprint density at radius 3 is 2.61 bits per heavy atom.